The van der Waals surface area contributed by atoms with Crippen LogP contribution in [0.4, 0.5) is 0 Å². The Morgan fingerprint density at radius 2 is 1.65 bits per heavy atom. The molecule has 0 unspecified atom stereocenters. The molecule has 0 saturated heterocycles. The van der Waals surface area contributed by atoms with Crippen molar-refractivity contribution >= 4 is 11.6 Å². The van der Waals surface area contributed by atoms with E-state index >= 15 is 0 Å². The van der Waals surface area contributed by atoms with E-state index in [9.17, 15) is 9.59 Å². The Morgan fingerprint density at radius 3 is 2.12 bits per heavy atom. The normalized spacial score (nSPS) is 17.4. The summed E-state index contributed by atoms with van der Waals surface area (Å²) in [6.07, 6.45) is 0.744. The van der Waals surface area contributed by atoms with Gasteiger partial charge in [0.15, 0.2) is 11.6 Å². The van der Waals surface area contributed by atoms with Gasteiger partial charge in [-0.2, -0.15) is 0 Å². The van der Waals surface area contributed by atoms with Crippen LogP contribution in [0.2, 0.25) is 0 Å². The second-order valence-corrected chi connectivity index (χ2v) is 4.20. The molecule has 2 rings (SSSR count). The zero-order chi connectivity index (χ0) is 12.4. The van der Waals surface area contributed by atoms with E-state index < -0.39 is 0 Å². The Balaban J connectivity index is 2.20. The predicted octanol–water partition coefficient (Wildman–Crippen LogP) is 2.27. The molecule has 0 atom stereocenters. The van der Waals surface area contributed by atoms with Crippen molar-refractivity contribution in [1.29, 1.82) is 0 Å². The van der Waals surface area contributed by atoms with Crippen LogP contribution in [-0.2, 0) is 9.59 Å². The van der Waals surface area contributed by atoms with Gasteiger partial charge in [-0.05, 0) is 23.6 Å². The zero-order valence-electron chi connectivity index (χ0n) is 9.73. The molecular weight excluding hydrogens is 216 g/mol. The Labute approximate surface area is 100 Å². The lowest BCUT2D eigenvalue weighted by molar-refractivity contribution is -0.124. The SMILES string of the molecule is C=C1C(=O)CC(c2ccc(OC)cc2)CC1=O. The van der Waals surface area contributed by atoms with Crippen molar-refractivity contribution < 1.29 is 14.3 Å². The molecular formula is C14H14O3. The monoisotopic (exact) mass is 230 g/mol. The fraction of sp³-hybridized carbons (Fsp3) is 0.286. The molecule has 1 aliphatic carbocycles. The van der Waals surface area contributed by atoms with Gasteiger partial charge in [0, 0.05) is 12.8 Å². The fourth-order valence-corrected chi connectivity index (χ4v) is 2.03. The maximum atomic E-state index is 11.6. The predicted molar refractivity (Wildman–Crippen MR) is 64.1 cm³/mol. The summed E-state index contributed by atoms with van der Waals surface area (Å²) in [5.41, 5.74) is 1.15. The summed E-state index contributed by atoms with van der Waals surface area (Å²) in [5.74, 6) is 0.474. The van der Waals surface area contributed by atoms with Crippen molar-refractivity contribution in [3.8, 4) is 5.75 Å². The number of hydrogen-bond donors (Lipinski definition) is 0. The van der Waals surface area contributed by atoms with Gasteiger partial charge in [0.05, 0.1) is 12.7 Å². The lowest BCUT2D eigenvalue weighted by Gasteiger charge is -2.21. The molecule has 0 N–H and O–H groups in total. The van der Waals surface area contributed by atoms with E-state index in [0.717, 1.165) is 11.3 Å². The molecule has 3 heteroatoms. The molecule has 0 aliphatic heterocycles. The molecule has 0 spiro atoms. The number of hydrogen-bond acceptors (Lipinski definition) is 3. The van der Waals surface area contributed by atoms with Gasteiger partial charge in [0.1, 0.15) is 5.75 Å². The van der Waals surface area contributed by atoms with Gasteiger partial charge in [-0.15, -0.1) is 0 Å². The molecule has 88 valence electrons. The number of benzene rings is 1. The summed E-state index contributed by atoms with van der Waals surface area (Å²) in [7, 11) is 1.60. The van der Waals surface area contributed by atoms with Crippen LogP contribution >= 0.6 is 0 Å². The van der Waals surface area contributed by atoms with Crippen molar-refractivity contribution in [1.82, 2.24) is 0 Å². The second kappa shape index (κ2) is 4.53. The van der Waals surface area contributed by atoms with Gasteiger partial charge >= 0.3 is 0 Å². The van der Waals surface area contributed by atoms with Gasteiger partial charge in [-0.25, -0.2) is 0 Å². The number of Topliss-reactive ketones (excluding diaryl/α,β-unsaturated/α-hetero) is 2. The molecule has 1 aromatic carbocycles. The minimum Gasteiger partial charge on any atom is -0.497 e. The number of carbonyl (C=O) groups is 2. The fourth-order valence-electron chi connectivity index (χ4n) is 2.03. The summed E-state index contributed by atoms with van der Waals surface area (Å²) < 4.78 is 5.07. The van der Waals surface area contributed by atoms with Crippen molar-refractivity contribution in [3.05, 3.63) is 42.0 Å². The largest absolute Gasteiger partial charge is 0.497 e. The van der Waals surface area contributed by atoms with Gasteiger partial charge in [-0.3, -0.25) is 9.59 Å². The van der Waals surface area contributed by atoms with Crippen LogP contribution in [0, 0.1) is 0 Å². The number of rotatable bonds is 2. The maximum Gasteiger partial charge on any atom is 0.166 e. The third-order valence-corrected chi connectivity index (χ3v) is 3.12. The van der Waals surface area contributed by atoms with E-state index in [-0.39, 0.29) is 23.1 Å². The van der Waals surface area contributed by atoms with Gasteiger partial charge in [-0.1, -0.05) is 18.7 Å². The molecule has 0 aromatic heterocycles. The minimum atomic E-state index is -0.137. The molecule has 3 nitrogen and oxygen atoms in total. The van der Waals surface area contributed by atoms with E-state index in [1.807, 2.05) is 24.3 Å². The molecule has 0 heterocycles. The molecule has 0 bridgehead atoms. The maximum absolute atomic E-state index is 11.6. The summed E-state index contributed by atoms with van der Waals surface area (Å²) in [6, 6.07) is 7.48. The van der Waals surface area contributed by atoms with Crippen molar-refractivity contribution in [2.45, 2.75) is 18.8 Å². The number of ether oxygens (including phenoxy) is 1. The van der Waals surface area contributed by atoms with Crippen LogP contribution < -0.4 is 4.74 Å². The second-order valence-electron chi connectivity index (χ2n) is 4.20. The van der Waals surface area contributed by atoms with E-state index in [2.05, 4.69) is 6.58 Å². The first-order chi connectivity index (χ1) is 8.11. The van der Waals surface area contributed by atoms with Crippen LogP contribution in [0.15, 0.2) is 36.4 Å². The quantitative estimate of drug-likeness (QED) is 0.578. The summed E-state index contributed by atoms with van der Waals surface area (Å²) >= 11 is 0. The molecule has 17 heavy (non-hydrogen) atoms. The van der Waals surface area contributed by atoms with Crippen molar-refractivity contribution in [2.75, 3.05) is 7.11 Å². The van der Waals surface area contributed by atoms with Crippen LogP contribution in [0.5, 0.6) is 5.75 Å². The van der Waals surface area contributed by atoms with Gasteiger partial charge < -0.3 is 4.74 Å². The first-order valence-corrected chi connectivity index (χ1v) is 5.51. The zero-order valence-corrected chi connectivity index (χ0v) is 9.73. The number of methoxy groups -OCH3 is 1. The van der Waals surface area contributed by atoms with Crippen LogP contribution in [0.25, 0.3) is 0 Å². The van der Waals surface area contributed by atoms with Crippen molar-refractivity contribution in [3.63, 3.8) is 0 Å². The van der Waals surface area contributed by atoms with Gasteiger partial charge in [0.25, 0.3) is 0 Å². The Bertz CT molecular complexity index is 451. The molecule has 1 aliphatic rings. The summed E-state index contributed by atoms with van der Waals surface area (Å²) in [5, 5.41) is 0. The highest BCUT2D eigenvalue weighted by molar-refractivity contribution is 6.21. The standard InChI is InChI=1S/C14H14O3/c1-9-13(15)7-11(8-14(9)16)10-3-5-12(17-2)6-4-10/h3-6,11H,1,7-8H2,2H3. The Morgan fingerprint density at radius 1 is 1.12 bits per heavy atom. The molecule has 1 fully saturated rings. The van der Waals surface area contributed by atoms with Crippen LogP contribution in [0.3, 0.4) is 0 Å². The van der Waals surface area contributed by atoms with E-state index in [4.69, 9.17) is 4.74 Å². The first kappa shape index (κ1) is 11.6. The third-order valence-electron chi connectivity index (χ3n) is 3.12. The van der Waals surface area contributed by atoms with Crippen LogP contribution in [-0.4, -0.2) is 18.7 Å². The average molecular weight is 230 g/mol. The molecule has 0 amide bonds. The minimum absolute atomic E-state index is 0.0218. The van der Waals surface area contributed by atoms with E-state index in [0.29, 0.717) is 12.8 Å². The molecule has 1 saturated carbocycles. The molecule has 0 radical (unpaired) electrons. The van der Waals surface area contributed by atoms with Crippen molar-refractivity contribution in [2.24, 2.45) is 0 Å². The molecule has 1 aromatic rings. The average Bonchev–Trinajstić information content (AvgIpc) is 2.35. The lowest BCUT2D eigenvalue weighted by atomic mass is 9.80. The topological polar surface area (TPSA) is 43.4 Å². The van der Waals surface area contributed by atoms with E-state index in [1.54, 1.807) is 7.11 Å². The highest BCUT2D eigenvalue weighted by Gasteiger charge is 2.29. The van der Waals surface area contributed by atoms with Crippen LogP contribution in [0.1, 0.15) is 24.3 Å². The lowest BCUT2D eigenvalue weighted by Crippen LogP contribution is -2.23. The number of carbonyl (C=O) groups excluding carboxylic acids is 2. The van der Waals surface area contributed by atoms with Gasteiger partial charge in [0.2, 0.25) is 0 Å². The third kappa shape index (κ3) is 2.28. The Hall–Kier alpha value is -1.90. The Kier molecular flexibility index (Phi) is 3.09. The summed E-state index contributed by atoms with van der Waals surface area (Å²) in [6.45, 7) is 3.51. The number of allylic oxidation sites excluding steroid dienone is 1. The first-order valence-electron chi connectivity index (χ1n) is 5.51. The number of ketones is 2. The highest BCUT2D eigenvalue weighted by Crippen LogP contribution is 2.31. The highest BCUT2D eigenvalue weighted by atomic mass is 16.5. The van der Waals surface area contributed by atoms with E-state index in [1.165, 1.54) is 0 Å². The summed E-state index contributed by atoms with van der Waals surface area (Å²) in [4.78, 5) is 23.1. The smallest absolute Gasteiger partial charge is 0.166 e.